The number of rotatable bonds is 5. The molecule has 170 valence electrons. The van der Waals surface area contributed by atoms with E-state index in [9.17, 15) is 22.8 Å². The molecule has 2 amide bonds. The highest BCUT2D eigenvalue weighted by Crippen LogP contribution is 2.42. The summed E-state index contributed by atoms with van der Waals surface area (Å²) in [5, 5.41) is 3.36. The molecule has 1 unspecified atom stereocenters. The van der Waals surface area contributed by atoms with Crippen LogP contribution in [-0.4, -0.2) is 39.7 Å². The Morgan fingerprint density at radius 2 is 1.97 bits per heavy atom. The van der Waals surface area contributed by atoms with Crippen molar-refractivity contribution >= 4 is 28.7 Å². The van der Waals surface area contributed by atoms with Crippen molar-refractivity contribution in [1.82, 2.24) is 10.2 Å². The number of amides is 2. The third-order valence-electron chi connectivity index (χ3n) is 6.00. The summed E-state index contributed by atoms with van der Waals surface area (Å²) in [6.07, 6.45) is -1.64. The van der Waals surface area contributed by atoms with Gasteiger partial charge in [0.2, 0.25) is 5.91 Å². The first-order chi connectivity index (χ1) is 14.5. The van der Waals surface area contributed by atoms with Crippen LogP contribution in [0.25, 0.3) is 0 Å². The quantitative estimate of drug-likeness (QED) is 0.694. The van der Waals surface area contributed by atoms with Crippen LogP contribution in [0, 0.1) is 5.92 Å². The SMILES string of the molecule is CCC(=O)N1CCC(CC2(C)SC(N[C@@H](C)c3ccccc3C(F)(F)F)=NC2=O)CC1. The lowest BCUT2D eigenvalue weighted by Crippen LogP contribution is -2.40. The Hall–Kier alpha value is -2.03. The highest BCUT2D eigenvalue weighted by molar-refractivity contribution is 8.16. The van der Waals surface area contributed by atoms with Crippen molar-refractivity contribution in [2.45, 2.75) is 63.4 Å². The van der Waals surface area contributed by atoms with E-state index in [2.05, 4.69) is 10.3 Å². The summed E-state index contributed by atoms with van der Waals surface area (Å²) in [6.45, 7) is 6.72. The molecule has 2 aliphatic heterocycles. The smallest absolute Gasteiger partial charge is 0.358 e. The third-order valence-corrected chi connectivity index (χ3v) is 7.19. The van der Waals surface area contributed by atoms with Gasteiger partial charge in [-0.15, -0.1) is 0 Å². The third kappa shape index (κ3) is 5.42. The van der Waals surface area contributed by atoms with Crippen molar-refractivity contribution in [3.05, 3.63) is 35.4 Å². The average molecular weight is 456 g/mol. The van der Waals surface area contributed by atoms with Crippen LogP contribution in [0.1, 0.15) is 63.6 Å². The number of halogens is 3. The number of hydrogen-bond donors (Lipinski definition) is 1. The summed E-state index contributed by atoms with van der Waals surface area (Å²) in [5.41, 5.74) is -0.576. The number of amidine groups is 1. The number of benzene rings is 1. The van der Waals surface area contributed by atoms with E-state index in [1.807, 2.05) is 18.7 Å². The zero-order valence-corrected chi connectivity index (χ0v) is 18.8. The van der Waals surface area contributed by atoms with E-state index >= 15 is 0 Å². The fourth-order valence-corrected chi connectivity index (χ4v) is 5.48. The maximum atomic E-state index is 13.3. The van der Waals surface area contributed by atoms with Crippen LogP contribution in [-0.2, 0) is 15.8 Å². The zero-order valence-electron chi connectivity index (χ0n) is 18.0. The predicted molar refractivity (Wildman–Crippen MR) is 116 cm³/mol. The van der Waals surface area contributed by atoms with Gasteiger partial charge in [-0.25, -0.2) is 0 Å². The van der Waals surface area contributed by atoms with E-state index < -0.39 is 22.5 Å². The van der Waals surface area contributed by atoms with Gasteiger partial charge < -0.3 is 10.2 Å². The molecule has 1 N–H and O–H groups in total. The number of hydrogen-bond acceptors (Lipinski definition) is 4. The average Bonchev–Trinajstić information content (AvgIpc) is 3.00. The standard InChI is InChI=1S/C22H28F3N3O2S/c1-4-18(29)28-11-9-15(10-12-28)13-21(3)19(30)27-20(31-21)26-14(2)16-7-5-6-8-17(16)22(23,24)25/h5-8,14-15H,4,9-13H2,1-3H3,(H,26,27,30)/t14-,21?/m0/s1. The fraction of sp³-hybridized carbons (Fsp3) is 0.591. The van der Waals surface area contributed by atoms with E-state index in [-0.39, 0.29) is 17.4 Å². The molecule has 1 fully saturated rings. The minimum atomic E-state index is -4.45. The fourth-order valence-electron chi connectivity index (χ4n) is 4.24. The maximum absolute atomic E-state index is 13.3. The molecule has 0 spiro atoms. The molecule has 0 radical (unpaired) electrons. The molecule has 0 bridgehead atoms. The van der Waals surface area contributed by atoms with Crippen LogP contribution >= 0.6 is 11.8 Å². The molecule has 3 rings (SSSR count). The second kappa shape index (κ2) is 9.22. The lowest BCUT2D eigenvalue weighted by atomic mass is 9.87. The van der Waals surface area contributed by atoms with Gasteiger partial charge in [0.25, 0.3) is 5.91 Å². The van der Waals surface area contributed by atoms with Crippen LogP contribution in [0.4, 0.5) is 13.2 Å². The Morgan fingerprint density at radius 3 is 2.58 bits per heavy atom. The molecule has 9 heteroatoms. The van der Waals surface area contributed by atoms with Crippen molar-refractivity contribution in [2.75, 3.05) is 13.1 Å². The van der Waals surface area contributed by atoms with Gasteiger partial charge in [-0.2, -0.15) is 18.2 Å². The molecule has 1 aromatic carbocycles. The van der Waals surface area contributed by atoms with E-state index in [4.69, 9.17) is 0 Å². The van der Waals surface area contributed by atoms with Crippen LogP contribution in [0.5, 0.6) is 0 Å². The van der Waals surface area contributed by atoms with Crippen molar-refractivity contribution in [3.63, 3.8) is 0 Å². The number of carbonyl (C=O) groups excluding carboxylic acids is 2. The molecule has 0 saturated carbocycles. The van der Waals surface area contributed by atoms with Gasteiger partial charge in [0.1, 0.15) is 4.75 Å². The van der Waals surface area contributed by atoms with Crippen molar-refractivity contribution < 1.29 is 22.8 Å². The molecule has 31 heavy (non-hydrogen) atoms. The van der Waals surface area contributed by atoms with E-state index in [0.29, 0.717) is 37.0 Å². The van der Waals surface area contributed by atoms with E-state index in [1.54, 1.807) is 13.0 Å². The van der Waals surface area contributed by atoms with Crippen LogP contribution in [0.3, 0.4) is 0 Å². The Morgan fingerprint density at radius 1 is 1.32 bits per heavy atom. The molecule has 1 aromatic rings. The summed E-state index contributed by atoms with van der Waals surface area (Å²) in [6, 6.07) is 4.77. The summed E-state index contributed by atoms with van der Waals surface area (Å²) < 4.78 is 39.2. The highest BCUT2D eigenvalue weighted by Gasteiger charge is 2.44. The summed E-state index contributed by atoms with van der Waals surface area (Å²) in [7, 11) is 0. The van der Waals surface area contributed by atoms with Crippen LogP contribution in [0.15, 0.2) is 29.3 Å². The van der Waals surface area contributed by atoms with Crippen molar-refractivity contribution in [1.29, 1.82) is 0 Å². The summed E-state index contributed by atoms with van der Waals surface area (Å²) in [5.74, 6) is 0.197. The Kier molecular flexibility index (Phi) is 7.03. The predicted octanol–water partition coefficient (Wildman–Crippen LogP) is 4.78. The molecule has 0 aromatic heterocycles. The molecule has 0 aliphatic carbocycles. The number of nitrogens with one attached hydrogen (secondary N) is 1. The normalized spacial score (nSPS) is 23.6. The first-order valence-electron chi connectivity index (χ1n) is 10.6. The molecule has 5 nitrogen and oxygen atoms in total. The number of alkyl halides is 3. The first kappa shape index (κ1) is 23.6. The van der Waals surface area contributed by atoms with Gasteiger partial charge in [-0.05, 0) is 50.7 Å². The number of nitrogens with zero attached hydrogens (tertiary/aromatic N) is 2. The zero-order chi connectivity index (χ0) is 22.8. The Balaban J connectivity index is 1.61. The number of carbonyl (C=O) groups is 2. The van der Waals surface area contributed by atoms with Gasteiger partial charge in [-0.3, -0.25) is 9.59 Å². The Labute approximate surface area is 184 Å². The van der Waals surface area contributed by atoms with Gasteiger partial charge in [0.15, 0.2) is 5.17 Å². The Bertz CT molecular complexity index is 866. The molecule has 1 saturated heterocycles. The van der Waals surface area contributed by atoms with Crippen molar-refractivity contribution in [2.24, 2.45) is 10.9 Å². The number of piperidine rings is 1. The molecular formula is C22H28F3N3O2S. The van der Waals surface area contributed by atoms with Crippen LogP contribution < -0.4 is 5.32 Å². The second-order valence-corrected chi connectivity index (χ2v) is 9.88. The van der Waals surface area contributed by atoms with Gasteiger partial charge in [-0.1, -0.05) is 36.9 Å². The van der Waals surface area contributed by atoms with Gasteiger partial charge in [0, 0.05) is 19.5 Å². The molecular weight excluding hydrogens is 427 g/mol. The van der Waals surface area contributed by atoms with Gasteiger partial charge >= 0.3 is 6.18 Å². The number of aliphatic imine (C=N–C) groups is 1. The van der Waals surface area contributed by atoms with E-state index in [0.717, 1.165) is 18.9 Å². The lowest BCUT2D eigenvalue weighted by Gasteiger charge is -2.34. The van der Waals surface area contributed by atoms with Gasteiger partial charge in [0.05, 0.1) is 11.6 Å². The minimum Gasteiger partial charge on any atom is -0.358 e. The minimum absolute atomic E-state index is 0.118. The molecule has 2 atom stereocenters. The van der Waals surface area contributed by atoms with E-state index in [1.165, 1.54) is 23.9 Å². The molecule has 2 aliphatic rings. The number of likely N-dealkylation sites (tertiary alicyclic amines) is 1. The number of thioether (sulfide) groups is 1. The lowest BCUT2D eigenvalue weighted by molar-refractivity contribution is -0.138. The summed E-state index contributed by atoms with van der Waals surface area (Å²) >= 11 is 1.29. The largest absolute Gasteiger partial charge is 0.416 e. The topological polar surface area (TPSA) is 61.8 Å². The van der Waals surface area contributed by atoms with Crippen molar-refractivity contribution in [3.8, 4) is 0 Å². The highest BCUT2D eigenvalue weighted by atomic mass is 32.2. The monoisotopic (exact) mass is 455 g/mol. The maximum Gasteiger partial charge on any atom is 0.416 e. The first-order valence-corrected chi connectivity index (χ1v) is 11.4. The summed E-state index contributed by atoms with van der Waals surface area (Å²) in [4.78, 5) is 30.5. The van der Waals surface area contributed by atoms with Crippen LogP contribution in [0.2, 0.25) is 0 Å². The second-order valence-electron chi connectivity index (χ2n) is 8.39. The molecule has 2 heterocycles.